The predicted octanol–water partition coefficient (Wildman–Crippen LogP) is 4.02. The molecule has 1 atom stereocenters. The van der Waals surface area contributed by atoms with Crippen molar-refractivity contribution in [3.05, 3.63) is 70.8 Å². The second kappa shape index (κ2) is 11.9. The number of rotatable bonds is 10. The summed E-state index contributed by atoms with van der Waals surface area (Å²) >= 11 is 0. The first-order valence-electron chi connectivity index (χ1n) is 12.2. The fourth-order valence-corrected chi connectivity index (χ4v) is 4.28. The Kier molecular flexibility index (Phi) is 8.88. The standard InChI is InChI=1S/C28H34N2O6/c1-6-29(7-2)16-17-30-24(19-8-10-21(11-9-19)28(34)35-5)23(26(32)27(30)33)25(31)20-12-14-22(15-13-20)36-18(3)4/h8-15,18,24,31H,6-7,16-17H2,1-5H3/b25-23+/t24-/m1/s1. The van der Waals surface area contributed by atoms with Gasteiger partial charge in [0.2, 0.25) is 0 Å². The number of likely N-dealkylation sites (tertiary alicyclic amines) is 1. The lowest BCUT2D eigenvalue weighted by molar-refractivity contribution is -0.140. The molecule has 2 aromatic carbocycles. The average molecular weight is 495 g/mol. The second-order valence-electron chi connectivity index (χ2n) is 8.82. The number of carbonyl (C=O) groups excluding carboxylic acids is 3. The van der Waals surface area contributed by atoms with Crippen LogP contribution < -0.4 is 4.74 Å². The third kappa shape index (κ3) is 5.76. The monoisotopic (exact) mass is 494 g/mol. The molecule has 1 N–H and O–H groups in total. The third-order valence-electron chi connectivity index (χ3n) is 6.24. The predicted molar refractivity (Wildman–Crippen MR) is 137 cm³/mol. The van der Waals surface area contributed by atoms with E-state index in [1.807, 2.05) is 27.7 Å². The molecule has 1 heterocycles. The zero-order valence-corrected chi connectivity index (χ0v) is 21.5. The van der Waals surface area contributed by atoms with Crippen molar-refractivity contribution in [1.29, 1.82) is 0 Å². The topological polar surface area (TPSA) is 96.4 Å². The van der Waals surface area contributed by atoms with Gasteiger partial charge in [-0.3, -0.25) is 9.59 Å². The molecular weight excluding hydrogens is 460 g/mol. The highest BCUT2D eigenvalue weighted by Crippen LogP contribution is 2.39. The molecule has 1 aliphatic heterocycles. The van der Waals surface area contributed by atoms with Gasteiger partial charge >= 0.3 is 5.97 Å². The van der Waals surface area contributed by atoms with Crippen LogP contribution in [-0.2, 0) is 14.3 Å². The number of aliphatic hydroxyl groups excluding tert-OH is 1. The van der Waals surface area contributed by atoms with Crippen LogP contribution in [0.1, 0.15) is 55.2 Å². The molecule has 0 radical (unpaired) electrons. The van der Waals surface area contributed by atoms with Crippen LogP contribution in [-0.4, -0.2) is 72.0 Å². The molecule has 0 aliphatic carbocycles. The Balaban J connectivity index is 2.06. The fraction of sp³-hybridized carbons (Fsp3) is 0.393. The lowest BCUT2D eigenvalue weighted by Crippen LogP contribution is -2.38. The van der Waals surface area contributed by atoms with Crippen molar-refractivity contribution in [2.75, 3.05) is 33.3 Å². The summed E-state index contributed by atoms with van der Waals surface area (Å²) in [5, 5.41) is 11.2. The van der Waals surface area contributed by atoms with Gasteiger partial charge < -0.3 is 24.4 Å². The number of hydrogen-bond acceptors (Lipinski definition) is 7. The average Bonchev–Trinajstić information content (AvgIpc) is 3.13. The number of benzene rings is 2. The van der Waals surface area contributed by atoms with Gasteiger partial charge in [0.25, 0.3) is 11.7 Å². The van der Waals surface area contributed by atoms with Crippen molar-refractivity contribution in [2.24, 2.45) is 0 Å². The fourth-order valence-electron chi connectivity index (χ4n) is 4.28. The molecule has 3 rings (SSSR count). The van der Waals surface area contributed by atoms with Crippen LogP contribution in [0.15, 0.2) is 54.1 Å². The van der Waals surface area contributed by atoms with Crippen molar-refractivity contribution < 1.29 is 29.0 Å². The van der Waals surface area contributed by atoms with Crippen molar-refractivity contribution in [1.82, 2.24) is 9.80 Å². The van der Waals surface area contributed by atoms with Gasteiger partial charge in [-0.05, 0) is 68.9 Å². The number of amides is 1. The van der Waals surface area contributed by atoms with Gasteiger partial charge in [-0.2, -0.15) is 0 Å². The molecule has 0 bridgehead atoms. The normalized spacial score (nSPS) is 17.2. The highest BCUT2D eigenvalue weighted by molar-refractivity contribution is 6.46. The minimum absolute atomic E-state index is 0.00598. The minimum atomic E-state index is -0.793. The number of ether oxygens (including phenoxy) is 2. The Morgan fingerprint density at radius 1 is 1.00 bits per heavy atom. The van der Waals surface area contributed by atoms with Crippen LogP contribution in [0, 0.1) is 0 Å². The van der Waals surface area contributed by atoms with E-state index in [0.29, 0.717) is 35.5 Å². The maximum absolute atomic E-state index is 13.2. The number of ketones is 1. The Labute approximate surface area is 212 Å². The van der Waals surface area contributed by atoms with Crippen LogP contribution in [0.3, 0.4) is 0 Å². The van der Waals surface area contributed by atoms with Gasteiger partial charge in [-0.1, -0.05) is 26.0 Å². The van der Waals surface area contributed by atoms with Crippen LogP contribution in [0.2, 0.25) is 0 Å². The van der Waals surface area contributed by atoms with Crippen LogP contribution in [0.25, 0.3) is 5.76 Å². The van der Waals surface area contributed by atoms with Gasteiger partial charge in [0.05, 0.1) is 30.4 Å². The van der Waals surface area contributed by atoms with Gasteiger partial charge in [-0.25, -0.2) is 4.79 Å². The molecule has 8 heteroatoms. The molecule has 1 aliphatic rings. The Morgan fingerprint density at radius 3 is 2.11 bits per heavy atom. The number of nitrogens with zero attached hydrogens (tertiary/aromatic N) is 2. The molecule has 1 fully saturated rings. The molecule has 0 aromatic heterocycles. The molecule has 192 valence electrons. The van der Waals surface area contributed by atoms with Crippen LogP contribution >= 0.6 is 0 Å². The summed E-state index contributed by atoms with van der Waals surface area (Å²) in [6.45, 7) is 10.4. The summed E-state index contributed by atoms with van der Waals surface area (Å²) in [6.07, 6.45) is -0.00598. The van der Waals surface area contributed by atoms with Crippen LogP contribution in [0.5, 0.6) is 5.75 Å². The van der Waals surface area contributed by atoms with E-state index in [4.69, 9.17) is 9.47 Å². The molecule has 0 saturated carbocycles. The van der Waals surface area contributed by atoms with E-state index < -0.39 is 23.7 Å². The van der Waals surface area contributed by atoms with Gasteiger partial charge in [-0.15, -0.1) is 0 Å². The first-order valence-corrected chi connectivity index (χ1v) is 12.2. The highest BCUT2D eigenvalue weighted by atomic mass is 16.5. The number of methoxy groups -OCH3 is 1. The minimum Gasteiger partial charge on any atom is -0.507 e. The molecule has 0 unspecified atom stereocenters. The number of aliphatic hydroxyl groups is 1. The number of carbonyl (C=O) groups is 3. The Morgan fingerprint density at radius 2 is 1.58 bits per heavy atom. The SMILES string of the molecule is CCN(CC)CCN1C(=O)C(=O)/C(=C(/O)c2ccc(OC(C)C)cc2)[C@H]1c1ccc(C(=O)OC)cc1. The van der Waals surface area contributed by atoms with Crippen molar-refractivity contribution >= 4 is 23.4 Å². The zero-order valence-electron chi connectivity index (χ0n) is 21.5. The summed E-state index contributed by atoms with van der Waals surface area (Å²) in [5.74, 6) is -1.50. The summed E-state index contributed by atoms with van der Waals surface area (Å²) in [4.78, 5) is 41.9. The van der Waals surface area contributed by atoms with E-state index in [9.17, 15) is 19.5 Å². The summed E-state index contributed by atoms with van der Waals surface area (Å²) in [6, 6.07) is 12.5. The molecule has 2 aromatic rings. The third-order valence-corrected chi connectivity index (χ3v) is 6.24. The smallest absolute Gasteiger partial charge is 0.337 e. The van der Waals surface area contributed by atoms with E-state index >= 15 is 0 Å². The quantitative estimate of drug-likeness (QED) is 0.231. The first kappa shape index (κ1) is 26.9. The zero-order chi connectivity index (χ0) is 26.4. The van der Waals surface area contributed by atoms with Crippen LogP contribution in [0.4, 0.5) is 0 Å². The second-order valence-corrected chi connectivity index (χ2v) is 8.82. The molecule has 8 nitrogen and oxygen atoms in total. The Bertz CT molecular complexity index is 1120. The molecular formula is C28H34N2O6. The van der Waals surface area contributed by atoms with E-state index in [-0.39, 0.29) is 17.4 Å². The van der Waals surface area contributed by atoms with E-state index in [1.54, 1.807) is 48.5 Å². The number of Topliss-reactive ketones (excluding diaryl/α,β-unsaturated/α-hetero) is 1. The molecule has 1 saturated heterocycles. The summed E-state index contributed by atoms with van der Waals surface area (Å²) in [7, 11) is 1.30. The lowest BCUT2D eigenvalue weighted by atomic mass is 9.94. The maximum atomic E-state index is 13.2. The van der Waals surface area contributed by atoms with Gasteiger partial charge in [0.15, 0.2) is 0 Å². The summed E-state index contributed by atoms with van der Waals surface area (Å²) in [5.41, 5.74) is 1.39. The van der Waals surface area contributed by atoms with Crippen molar-refractivity contribution in [3.8, 4) is 5.75 Å². The van der Waals surface area contributed by atoms with Gasteiger partial charge in [0.1, 0.15) is 11.5 Å². The van der Waals surface area contributed by atoms with Gasteiger partial charge in [0, 0.05) is 18.7 Å². The van der Waals surface area contributed by atoms with E-state index in [2.05, 4.69) is 4.90 Å². The summed E-state index contributed by atoms with van der Waals surface area (Å²) < 4.78 is 10.4. The van der Waals surface area contributed by atoms with E-state index in [1.165, 1.54) is 12.0 Å². The Hall–Kier alpha value is -3.65. The van der Waals surface area contributed by atoms with Crippen molar-refractivity contribution in [2.45, 2.75) is 39.8 Å². The number of likely N-dealkylation sites (N-methyl/N-ethyl adjacent to an activating group) is 1. The maximum Gasteiger partial charge on any atom is 0.337 e. The number of esters is 1. The number of hydrogen-bond donors (Lipinski definition) is 1. The highest BCUT2D eigenvalue weighted by Gasteiger charge is 2.46. The lowest BCUT2D eigenvalue weighted by Gasteiger charge is -2.28. The largest absolute Gasteiger partial charge is 0.507 e. The molecule has 1 amide bonds. The molecule has 0 spiro atoms. The van der Waals surface area contributed by atoms with Crippen molar-refractivity contribution in [3.63, 3.8) is 0 Å². The molecule has 36 heavy (non-hydrogen) atoms. The first-order chi connectivity index (χ1) is 17.2. The van der Waals surface area contributed by atoms with E-state index in [0.717, 1.165) is 13.1 Å².